The highest BCUT2D eigenvalue weighted by Crippen LogP contribution is 2.17. The molecule has 134 valence electrons. The van der Waals surface area contributed by atoms with Gasteiger partial charge in [-0.1, -0.05) is 6.07 Å². The number of nitrogens with zero attached hydrogens (tertiary/aromatic N) is 5. The maximum Gasteiger partial charge on any atom is 0.255 e. The van der Waals surface area contributed by atoms with E-state index in [4.69, 9.17) is 0 Å². The molecule has 0 spiro atoms. The molecule has 26 heavy (non-hydrogen) atoms. The second-order valence-corrected chi connectivity index (χ2v) is 6.35. The first-order valence-corrected chi connectivity index (χ1v) is 8.93. The Morgan fingerprint density at radius 1 is 1.12 bits per heavy atom. The quantitative estimate of drug-likeness (QED) is 0.781. The van der Waals surface area contributed by atoms with Gasteiger partial charge in [0.25, 0.3) is 5.91 Å². The van der Waals surface area contributed by atoms with Crippen LogP contribution in [0.3, 0.4) is 0 Å². The van der Waals surface area contributed by atoms with Crippen LogP contribution in [-0.2, 0) is 0 Å². The average Bonchev–Trinajstić information content (AvgIpc) is 3.13. The molecule has 3 aromatic rings. The van der Waals surface area contributed by atoms with Gasteiger partial charge in [-0.15, -0.1) is 10.2 Å². The molecule has 0 atom stereocenters. The lowest BCUT2D eigenvalue weighted by molar-refractivity contribution is 0.0746. The second kappa shape index (κ2) is 7.03. The van der Waals surface area contributed by atoms with E-state index < -0.39 is 0 Å². The molecule has 1 N–H and O–H groups in total. The summed E-state index contributed by atoms with van der Waals surface area (Å²) in [4.78, 5) is 16.9. The molecule has 7 heteroatoms. The molecule has 0 aromatic carbocycles. The van der Waals surface area contributed by atoms with E-state index in [0.29, 0.717) is 13.1 Å². The lowest BCUT2D eigenvalue weighted by Crippen LogP contribution is -2.49. The fraction of sp³-hybridized carbons (Fsp3) is 0.316. The van der Waals surface area contributed by atoms with Gasteiger partial charge in [0.1, 0.15) is 5.82 Å². The van der Waals surface area contributed by atoms with Gasteiger partial charge in [-0.05, 0) is 37.3 Å². The number of piperazine rings is 1. The van der Waals surface area contributed by atoms with Crippen molar-refractivity contribution in [2.75, 3.05) is 42.9 Å². The average molecular weight is 350 g/mol. The summed E-state index contributed by atoms with van der Waals surface area (Å²) < 4.78 is 1.98. The predicted molar refractivity (Wildman–Crippen MR) is 102 cm³/mol. The Labute approximate surface area is 152 Å². The third kappa shape index (κ3) is 3.20. The zero-order chi connectivity index (χ0) is 17.9. The van der Waals surface area contributed by atoms with Crippen LogP contribution in [0.5, 0.6) is 0 Å². The molecular formula is C19H22N6O. The number of rotatable bonds is 4. The van der Waals surface area contributed by atoms with Gasteiger partial charge in [-0.3, -0.25) is 4.79 Å². The van der Waals surface area contributed by atoms with Crippen LogP contribution >= 0.6 is 0 Å². The van der Waals surface area contributed by atoms with Crippen molar-refractivity contribution in [3.8, 4) is 0 Å². The molecule has 1 aliphatic rings. The number of amides is 1. The van der Waals surface area contributed by atoms with Gasteiger partial charge >= 0.3 is 0 Å². The molecule has 4 rings (SSSR count). The van der Waals surface area contributed by atoms with E-state index in [1.165, 1.54) is 0 Å². The summed E-state index contributed by atoms with van der Waals surface area (Å²) in [5.41, 5.74) is 1.77. The summed E-state index contributed by atoms with van der Waals surface area (Å²) in [6, 6.07) is 11.8. The van der Waals surface area contributed by atoms with Crippen molar-refractivity contribution in [1.29, 1.82) is 0 Å². The van der Waals surface area contributed by atoms with Crippen molar-refractivity contribution in [1.82, 2.24) is 19.5 Å². The van der Waals surface area contributed by atoms with Crippen molar-refractivity contribution in [3.05, 3.63) is 54.4 Å². The number of aromatic nitrogens is 3. The number of carbonyl (C=O) groups excluding carboxylic acids is 1. The predicted octanol–water partition coefficient (Wildman–Crippen LogP) is 2.12. The van der Waals surface area contributed by atoms with E-state index in [-0.39, 0.29) is 5.91 Å². The smallest absolute Gasteiger partial charge is 0.255 e. The minimum absolute atomic E-state index is 0.0851. The Morgan fingerprint density at radius 2 is 1.96 bits per heavy atom. The van der Waals surface area contributed by atoms with Gasteiger partial charge in [0, 0.05) is 50.6 Å². The van der Waals surface area contributed by atoms with Crippen LogP contribution in [-0.4, -0.2) is 58.1 Å². The van der Waals surface area contributed by atoms with E-state index in [0.717, 1.165) is 42.4 Å². The molecule has 0 aliphatic carbocycles. The molecule has 3 aromatic heterocycles. The monoisotopic (exact) mass is 350 g/mol. The summed E-state index contributed by atoms with van der Waals surface area (Å²) in [5.74, 6) is 1.72. The van der Waals surface area contributed by atoms with E-state index in [1.807, 2.05) is 65.0 Å². The van der Waals surface area contributed by atoms with Crippen molar-refractivity contribution >= 4 is 23.1 Å². The Bertz CT molecular complexity index is 863. The maximum atomic E-state index is 12.8. The first-order chi connectivity index (χ1) is 12.7. The highest BCUT2D eigenvalue weighted by molar-refractivity contribution is 5.95. The number of carbonyl (C=O) groups is 1. The van der Waals surface area contributed by atoms with Gasteiger partial charge in [0.15, 0.2) is 5.82 Å². The standard InChI is InChI=1S/C19H22N6O/c1-2-20-17-6-7-18(22-21-17)23-9-11-24(12-10-23)19(26)15-13-16-5-3-4-8-25(16)14-15/h3-8,13-14H,2,9-12H2,1H3,(H,20,21). The van der Waals surface area contributed by atoms with E-state index >= 15 is 0 Å². The van der Waals surface area contributed by atoms with Crippen LogP contribution in [0, 0.1) is 0 Å². The molecule has 1 fully saturated rings. The van der Waals surface area contributed by atoms with Crippen LogP contribution in [0.25, 0.3) is 5.52 Å². The first kappa shape index (κ1) is 16.4. The zero-order valence-electron chi connectivity index (χ0n) is 14.8. The first-order valence-electron chi connectivity index (χ1n) is 8.93. The Balaban J connectivity index is 1.40. The number of hydrogen-bond donors (Lipinski definition) is 1. The minimum atomic E-state index is 0.0851. The zero-order valence-corrected chi connectivity index (χ0v) is 14.8. The Morgan fingerprint density at radius 3 is 2.65 bits per heavy atom. The fourth-order valence-electron chi connectivity index (χ4n) is 3.26. The Hall–Kier alpha value is -3.09. The van der Waals surface area contributed by atoms with Gasteiger partial charge in [-0.25, -0.2) is 0 Å². The number of anilines is 2. The SMILES string of the molecule is CCNc1ccc(N2CCN(C(=O)c3cc4ccccn4c3)CC2)nn1. The largest absolute Gasteiger partial charge is 0.369 e. The summed E-state index contributed by atoms with van der Waals surface area (Å²) >= 11 is 0. The molecule has 1 saturated heterocycles. The minimum Gasteiger partial charge on any atom is -0.369 e. The van der Waals surface area contributed by atoms with Crippen LogP contribution in [0.15, 0.2) is 48.8 Å². The summed E-state index contributed by atoms with van der Waals surface area (Å²) in [7, 11) is 0. The lowest BCUT2D eigenvalue weighted by atomic mass is 10.2. The second-order valence-electron chi connectivity index (χ2n) is 6.35. The van der Waals surface area contributed by atoms with E-state index in [1.54, 1.807) is 0 Å². The molecule has 0 bridgehead atoms. The van der Waals surface area contributed by atoms with Crippen LogP contribution in [0.4, 0.5) is 11.6 Å². The van der Waals surface area contributed by atoms with Crippen LogP contribution < -0.4 is 10.2 Å². The number of pyridine rings is 1. The maximum absolute atomic E-state index is 12.8. The topological polar surface area (TPSA) is 65.8 Å². The van der Waals surface area contributed by atoms with Gasteiger partial charge in [-0.2, -0.15) is 0 Å². The van der Waals surface area contributed by atoms with Gasteiger partial charge in [0.05, 0.1) is 5.56 Å². The third-order valence-corrected chi connectivity index (χ3v) is 4.65. The molecule has 7 nitrogen and oxygen atoms in total. The van der Waals surface area contributed by atoms with Crippen LogP contribution in [0.2, 0.25) is 0 Å². The molecule has 1 amide bonds. The summed E-state index contributed by atoms with van der Waals surface area (Å²) in [5, 5.41) is 11.6. The van der Waals surface area contributed by atoms with Crippen molar-refractivity contribution in [2.45, 2.75) is 6.92 Å². The normalized spacial score (nSPS) is 14.7. The Kier molecular flexibility index (Phi) is 4.43. The fourth-order valence-corrected chi connectivity index (χ4v) is 3.26. The highest BCUT2D eigenvalue weighted by Gasteiger charge is 2.23. The molecule has 0 saturated carbocycles. The van der Waals surface area contributed by atoms with Crippen molar-refractivity contribution in [2.24, 2.45) is 0 Å². The van der Waals surface area contributed by atoms with E-state index in [2.05, 4.69) is 20.4 Å². The number of fused-ring (bicyclic) bond motifs is 1. The molecule has 1 aliphatic heterocycles. The van der Waals surface area contributed by atoms with Crippen molar-refractivity contribution < 1.29 is 4.79 Å². The lowest BCUT2D eigenvalue weighted by Gasteiger charge is -2.35. The number of hydrogen-bond acceptors (Lipinski definition) is 5. The van der Waals surface area contributed by atoms with Gasteiger partial charge < -0.3 is 19.5 Å². The van der Waals surface area contributed by atoms with Gasteiger partial charge in [0.2, 0.25) is 0 Å². The molecule has 4 heterocycles. The number of nitrogens with one attached hydrogen (secondary N) is 1. The molecular weight excluding hydrogens is 328 g/mol. The molecule has 0 radical (unpaired) electrons. The highest BCUT2D eigenvalue weighted by atomic mass is 16.2. The van der Waals surface area contributed by atoms with E-state index in [9.17, 15) is 4.79 Å². The summed E-state index contributed by atoms with van der Waals surface area (Å²) in [6.07, 6.45) is 3.86. The summed E-state index contributed by atoms with van der Waals surface area (Å²) in [6.45, 7) is 5.73. The third-order valence-electron chi connectivity index (χ3n) is 4.65. The van der Waals surface area contributed by atoms with Crippen molar-refractivity contribution in [3.63, 3.8) is 0 Å². The molecule has 0 unspecified atom stereocenters. The van der Waals surface area contributed by atoms with Crippen LogP contribution in [0.1, 0.15) is 17.3 Å².